The highest BCUT2D eigenvalue weighted by Crippen LogP contribution is 2.24. The lowest BCUT2D eigenvalue weighted by Crippen LogP contribution is -2.55. The lowest BCUT2D eigenvalue weighted by molar-refractivity contribution is -0.122. The molecule has 2 rings (SSSR count). The normalized spacial score (nSPS) is 11.8. The molecule has 2 amide bonds. The average molecular weight is 436 g/mol. The largest absolute Gasteiger partial charge is 0.444 e. The predicted octanol–water partition coefficient (Wildman–Crippen LogP) is 4.69. The number of thiazole rings is 1. The molecule has 0 bridgehead atoms. The van der Waals surface area contributed by atoms with E-state index < -0.39 is 17.2 Å². The number of rotatable bonds is 8. The molecule has 2 N–H and O–H groups in total. The van der Waals surface area contributed by atoms with Crippen LogP contribution in [0.25, 0.3) is 10.6 Å². The highest BCUT2D eigenvalue weighted by Gasteiger charge is 2.30. The van der Waals surface area contributed by atoms with Crippen LogP contribution in [0.2, 0.25) is 0 Å². The number of benzene rings is 1. The molecule has 2 aromatic rings. The Balaban J connectivity index is 1.99. The zero-order chi connectivity index (χ0) is 22.4. The fraction of sp³-hybridized carbons (Fsp3) is 0.500. The van der Waals surface area contributed by atoms with E-state index in [0.717, 1.165) is 0 Å². The number of aromatic nitrogens is 1. The smallest absolute Gasteiger partial charge is 0.407 e. The summed E-state index contributed by atoms with van der Waals surface area (Å²) in [5.74, 6) is -0.504. The SMILES string of the molecule is CCC(CC)(CNC(=O)OC(C)(C)C)NC(=O)Cc1csc(-c2cccc(F)c2)n1. The van der Waals surface area contributed by atoms with E-state index in [1.54, 1.807) is 38.3 Å². The third-order valence-electron chi connectivity index (χ3n) is 4.69. The highest BCUT2D eigenvalue weighted by molar-refractivity contribution is 7.13. The maximum Gasteiger partial charge on any atom is 0.407 e. The number of carbonyl (C=O) groups is 2. The van der Waals surface area contributed by atoms with Crippen LogP contribution in [0.5, 0.6) is 0 Å². The number of hydrogen-bond donors (Lipinski definition) is 2. The number of nitrogens with one attached hydrogen (secondary N) is 2. The summed E-state index contributed by atoms with van der Waals surface area (Å²) in [5.41, 5.74) is 0.149. The number of ether oxygens (including phenoxy) is 1. The van der Waals surface area contributed by atoms with Gasteiger partial charge in [0.25, 0.3) is 0 Å². The lowest BCUT2D eigenvalue weighted by Gasteiger charge is -2.33. The Bertz CT molecular complexity index is 873. The maximum absolute atomic E-state index is 13.4. The van der Waals surface area contributed by atoms with Crippen molar-refractivity contribution in [2.45, 2.75) is 65.0 Å². The van der Waals surface area contributed by atoms with Gasteiger partial charge in [-0.05, 0) is 45.7 Å². The molecule has 0 atom stereocenters. The summed E-state index contributed by atoms with van der Waals surface area (Å²) in [5, 5.41) is 8.28. The molecule has 6 nitrogen and oxygen atoms in total. The molecule has 1 heterocycles. The molecule has 0 aliphatic carbocycles. The third-order valence-corrected chi connectivity index (χ3v) is 5.63. The van der Waals surface area contributed by atoms with Gasteiger partial charge in [-0.1, -0.05) is 26.0 Å². The van der Waals surface area contributed by atoms with Gasteiger partial charge < -0.3 is 15.4 Å². The Morgan fingerprint density at radius 1 is 1.20 bits per heavy atom. The molecule has 0 saturated heterocycles. The van der Waals surface area contributed by atoms with Crippen molar-refractivity contribution in [3.63, 3.8) is 0 Å². The number of alkyl carbamates (subject to hydrolysis) is 1. The van der Waals surface area contributed by atoms with Crippen molar-refractivity contribution < 1.29 is 18.7 Å². The topological polar surface area (TPSA) is 80.3 Å². The zero-order valence-corrected chi connectivity index (χ0v) is 19.0. The predicted molar refractivity (Wildman–Crippen MR) is 117 cm³/mol. The fourth-order valence-electron chi connectivity index (χ4n) is 2.92. The van der Waals surface area contributed by atoms with Crippen molar-refractivity contribution in [1.29, 1.82) is 0 Å². The molecule has 1 aromatic carbocycles. The van der Waals surface area contributed by atoms with Crippen LogP contribution in [0.4, 0.5) is 9.18 Å². The van der Waals surface area contributed by atoms with Crippen LogP contribution in [-0.2, 0) is 16.0 Å². The van der Waals surface area contributed by atoms with Crippen molar-refractivity contribution in [3.8, 4) is 10.6 Å². The summed E-state index contributed by atoms with van der Waals surface area (Å²) in [4.78, 5) is 29.1. The average Bonchev–Trinajstić information content (AvgIpc) is 3.12. The quantitative estimate of drug-likeness (QED) is 0.630. The minimum absolute atomic E-state index is 0.111. The monoisotopic (exact) mass is 435 g/mol. The minimum Gasteiger partial charge on any atom is -0.444 e. The van der Waals surface area contributed by atoms with Crippen LogP contribution < -0.4 is 10.6 Å². The Morgan fingerprint density at radius 2 is 1.90 bits per heavy atom. The van der Waals surface area contributed by atoms with Crippen LogP contribution in [0.1, 0.15) is 53.2 Å². The van der Waals surface area contributed by atoms with E-state index in [1.165, 1.54) is 23.5 Å². The van der Waals surface area contributed by atoms with Crippen LogP contribution in [-0.4, -0.2) is 34.7 Å². The molecule has 1 aromatic heterocycles. The van der Waals surface area contributed by atoms with Crippen LogP contribution >= 0.6 is 11.3 Å². The van der Waals surface area contributed by atoms with Crippen LogP contribution in [0, 0.1) is 5.82 Å². The Morgan fingerprint density at radius 3 is 2.50 bits per heavy atom. The summed E-state index contributed by atoms with van der Waals surface area (Å²) in [6.45, 7) is 9.59. The van der Waals surface area contributed by atoms with Gasteiger partial charge in [-0.3, -0.25) is 4.79 Å². The second-order valence-corrected chi connectivity index (χ2v) is 9.08. The summed E-state index contributed by atoms with van der Waals surface area (Å²) in [6.07, 6.45) is 0.898. The Labute approximate surface area is 181 Å². The van der Waals surface area contributed by atoms with E-state index in [1.807, 2.05) is 13.8 Å². The van der Waals surface area contributed by atoms with Gasteiger partial charge in [0, 0.05) is 17.5 Å². The van der Waals surface area contributed by atoms with Crippen molar-refractivity contribution in [2.75, 3.05) is 6.54 Å². The Kier molecular flexibility index (Phi) is 7.95. The first-order valence-electron chi connectivity index (χ1n) is 10.0. The first-order chi connectivity index (χ1) is 14.1. The number of nitrogens with zero attached hydrogens (tertiary/aromatic N) is 1. The molecule has 0 unspecified atom stereocenters. The number of halogens is 1. The highest BCUT2D eigenvalue weighted by atomic mass is 32.1. The molecule has 0 aliphatic rings. The second kappa shape index (κ2) is 10.0. The van der Waals surface area contributed by atoms with Gasteiger partial charge in [-0.25, -0.2) is 14.2 Å². The van der Waals surface area contributed by atoms with E-state index in [4.69, 9.17) is 4.74 Å². The van der Waals surface area contributed by atoms with Crippen LogP contribution in [0.15, 0.2) is 29.6 Å². The van der Waals surface area contributed by atoms with Gasteiger partial charge in [-0.2, -0.15) is 0 Å². The zero-order valence-electron chi connectivity index (χ0n) is 18.2. The van der Waals surface area contributed by atoms with E-state index in [-0.39, 0.29) is 24.7 Å². The van der Waals surface area contributed by atoms with E-state index in [2.05, 4.69) is 15.6 Å². The van der Waals surface area contributed by atoms with Gasteiger partial charge in [0.05, 0.1) is 17.7 Å². The summed E-state index contributed by atoms with van der Waals surface area (Å²) in [6, 6.07) is 6.22. The van der Waals surface area contributed by atoms with Crippen molar-refractivity contribution in [1.82, 2.24) is 15.6 Å². The van der Waals surface area contributed by atoms with Crippen molar-refractivity contribution >= 4 is 23.3 Å². The lowest BCUT2D eigenvalue weighted by atomic mass is 9.92. The standard InChI is InChI=1S/C22H30FN3O3S/c1-6-22(7-2,14-24-20(28)29-21(3,4)5)26-18(27)12-17-13-30-19(25-17)15-9-8-10-16(23)11-15/h8-11,13H,6-7,12,14H2,1-5H3,(H,24,28)(H,26,27). The van der Waals surface area contributed by atoms with Crippen molar-refractivity contribution in [3.05, 3.63) is 41.2 Å². The number of hydrogen-bond acceptors (Lipinski definition) is 5. The second-order valence-electron chi connectivity index (χ2n) is 8.22. The molecule has 8 heteroatoms. The molecule has 0 radical (unpaired) electrons. The van der Waals surface area contributed by atoms with E-state index in [0.29, 0.717) is 29.1 Å². The molecule has 30 heavy (non-hydrogen) atoms. The van der Waals surface area contributed by atoms with Gasteiger partial charge in [-0.15, -0.1) is 11.3 Å². The number of carbonyl (C=O) groups excluding carboxylic acids is 2. The molecule has 0 fully saturated rings. The molecule has 164 valence electrons. The van der Waals surface area contributed by atoms with Crippen LogP contribution in [0.3, 0.4) is 0 Å². The van der Waals surface area contributed by atoms with Gasteiger partial charge >= 0.3 is 6.09 Å². The first-order valence-corrected chi connectivity index (χ1v) is 10.9. The molecule has 0 aliphatic heterocycles. The summed E-state index contributed by atoms with van der Waals surface area (Å²) in [7, 11) is 0. The van der Waals surface area contributed by atoms with E-state index >= 15 is 0 Å². The molecular formula is C22H30FN3O3S. The molecular weight excluding hydrogens is 405 g/mol. The van der Waals surface area contributed by atoms with Gasteiger partial charge in [0.2, 0.25) is 5.91 Å². The van der Waals surface area contributed by atoms with Gasteiger partial charge in [0.15, 0.2) is 0 Å². The van der Waals surface area contributed by atoms with Crippen molar-refractivity contribution in [2.24, 2.45) is 0 Å². The van der Waals surface area contributed by atoms with Gasteiger partial charge in [0.1, 0.15) is 16.4 Å². The number of amides is 2. The minimum atomic E-state index is -0.585. The van der Waals surface area contributed by atoms with E-state index in [9.17, 15) is 14.0 Å². The Hall–Kier alpha value is -2.48. The molecule has 0 saturated carbocycles. The summed E-state index contributed by atoms with van der Waals surface area (Å²) < 4.78 is 18.7. The maximum atomic E-state index is 13.4. The fourth-order valence-corrected chi connectivity index (χ4v) is 3.74. The molecule has 0 spiro atoms. The summed E-state index contributed by atoms with van der Waals surface area (Å²) >= 11 is 1.37. The third kappa shape index (κ3) is 7.09. The first kappa shape index (κ1) is 23.8.